The van der Waals surface area contributed by atoms with Crippen molar-refractivity contribution >= 4 is 23.5 Å². The first-order chi connectivity index (χ1) is 13.0. The smallest absolute Gasteiger partial charge is 0.231 e. The average Bonchev–Trinajstić information content (AvgIpc) is 2.96. The summed E-state index contributed by atoms with van der Waals surface area (Å²) in [5, 5.41) is 28.5. The van der Waals surface area contributed by atoms with Crippen LogP contribution < -0.4 is 4.74 Å². The highest BCUT2D eigenvalue weighted by Crippen LogP contribution is 2.40. The summed E-state index contributed by atoms with van der Waals surface area (Å²) in [6.45, 7) is 0.114. The maximum absolute atomic E-state index is 12.7. The number of nitriles is 2. The van der Waals surface area contributed by atoms with Crippen molar-refractivity contribution in [3.63, 3.8) is 0 Å². The minimum Gasteiger partial charge on any atom is -0.507 e. The van der Waals surface area contributed by atoms with E-state index in [0.29, 0.717) is 21.7 Å². The van der Waals surface area contributed by atoms with Gasteiger partial charge in [-0.1, -0.05) is 29.8 Å². The lowest BCUT2D eigenvalue weighted by molar-refractivity contribution is 0.101. The number of allylic oxidation sites excluding steroid dienone is 1. The number of phenolic OH excluding ortho intramolecular Hbond substituents is 1. The van der Waals surface area contributed by atoms with E-state index in [4.69, 9.17) is 26.9 Å². The highest BCUT2D eigenvalue weighted by molar-refractivity contribution is 6.32. The van der Waals surface area contributed by atoms with Crippen LogP contribution in [0.5, 0.6) is 11.5 Å². The Hall–Kier alpha value is -3.32. The molecule has 2 aromatic rings. The van der Waals surface area contributed by atoms with Gasteiger partial charge in [0, 0.05) is 11.6 Å². The molecule has 0 fully saturated rings. The highest BCUT2D eigenvalue weighted by Gasteiger charge is 2.31. The molecular weight excluding hydrogens is 366 g/mol. The normalized spacial score (nSPS) is 13.9. The lowest BCUT2D eigenvalue weighted by atomic mass is 10.0. The number of hydrogen-bond acceptors (Lipinski definition) is 6. The Labute approximate surface area is 161 Å². The van der Waals surface area contributed by atoms with Crippen molar-refractivity contribution in [3.8, 4) is 23.6 Å². The topological polar surface area (TPSA) is 97.3 Å². The summed E-state index contributed by atoms with van der Waals surface area (Å²) in [5.74, 6) is -0.0593. The van der Waals surface area contributed by atoms with Gasteiger partial charge in [0.05, 0.1) is 36.4 Å². The lowest BCUT2D eigenvalue weighted by Crippen LogP contribution is -2.24. The van der Waals surface area contributed by atoms with Gasteiger partial charge in [0.25, 0.3) is 0 Å². The molecule has 1 heterocycles. The second kappa shape index (κ2) is 7.92. The molecule has 0 bridgehead atoms. The Balaban J connectivity index is 1.98. The molecular formula is C20H14ClN3O3. The molecule has 0 spiro atoms. The van der Waals surface area contributed by atoms with Gasteiger partial charge >= 0.3 is 0 Å². The third kappa shape index (κ3) is 3.78. The van der Waals surface area contributed by atoms with E-state index in [1.54, 1.807) is 35.2 Å². The molecule has 0 amide bonds. The van der Waals surface area contributed by atoms with Gasteiger partial charge < -0.3 is 9.84 Å². The van der Waals surface area contributed by atoms with E-state index in [1.807, 2.05) is 12.1 Å². The van der Waals surface area contributed by atoms with Gasteiger partial charge in [-0.3, -0.25) is 9.69 Å². The number of carbonyl (C=O) groups excluding carboxylic acids is 1. The number of nitrogens with zero attached hydrogens (tertiary/aromatic N) is 3. The summed E-state index contributed by atoms with van der Waals surface area (Å²) in [4.78, 5) is 14.2. The number of phenols is 1. The van der Waals surface area contributed by atoms with Crippen molar-refractivity contribution in [1.29, 1.82) is 10.5 Å². The van der Waals surface area contributed by atoms with Gasteiger partial charge in [-0.25, -0.2) is 0 Å². The molecule has 0 aliphatic carbocycles. The van der Waals surface area contributed by atoms with Gasteiger partial charge in [0.15, 0.2) is 5.76 Å². The van der Waals surface area contributed by atoms with Crippen molar-refractivity contribution in [2.24, 2.45) is 0 Å². The Morgan fingerprint density at radius 1 is 1.15 bits per heavy atom. The van der Waals surface area contributed by atoms with E-state index in [-0.39, 0.29) is 42.7 Å². The van der Waals surface area contributed by atoms with Crippen LogP contribution in [0.3, 0.4) is 0 Å². The molecule has 0 aromatic heterocycles. The lowest BCUT2D eigenvalue weighted by Gasteiger charge is -2.17. The first-order valence-corrected chi connectivity index (χ1v) is 8.42. The van der Waals surface area contributed by atoms with Crippen LogP contribution in [0.2, 0.25) is 5.02 Å². The van der Waals surface area contributed by atoms with E-state index in [1.165, 1.54) is 12.1 Å². The molecule has 0 saturated heterocycles. The van der Waals surface area contributed by atoms with Gasteiger partial charge in [-0.05, 0) is 29.8 Å². The van der Waals surface area contributed by atoms with Crippen LogP contribution in [0.25, 0.3) is 6.08 Å². The molecule has 27 heavy (non-hydrogen) atoms. The van der Waals surface area contributed by atoms with Crippen molar-refractivity contribution in [1.82, 2.24) is 4.90 Å². The first kappa shape index (κ1) is 18.5. The molecule has 134 valence electrons. The van der Waals surface area contributed by atoms with E-state index in [9.17, 15) is 9.90 Å². The van der Waals surface area contributed by atoms with E-state index < -0.39 is 0 Å². The number of halogens is 1. The third-order valence-corrected chi connectivity index (χ3v) is 4.42. The molecule has 1 aliphatic rings. The minimum atomic E-state index is -0.321. The van der Waals surface area contributed by atoms with Crippen molar-refractivity contribution in [2.45, 2.75) is 6.54 Å². The van der Waals surface area contributed by atoms with Crippen molar-refractivity contribution in [2.75, 3.05) is 13.1 Å². The molecule has 1 aliphatic heterocycles. The largest absolute Gasteiger partial charge is 0.507 e. The second-order valence-electron chi connectivity index (χ2n) is 5.86. The fourth-order valence-electron chi connectivity index (χ4n) is 2.77. The SMILES string of the molecule is N#CCN(CC#N)Cc1c(O)ccc2c1O/C(=C\c1ccccc1Cl)C2=O. The summed E-state index contributed by atoms with van der Waals surface area (Å²) in [6.07, 6.45) is 1.55. The number of carbonyl (C=O) groups is 1. The summed E-state index contributed by atoms with van der Waals surface area (Å²) >= 11 is 6.14. The number of fused-ring (bicyclic) bond motifs is 1. The fourth-order valence-corrected chi connectivity index (χ4v) is 2.96. The Morgan fingerprint density at radius 3 is 2.52 bits per heavy atom. The molecule has 0 atom stereocenters. The highest BCUT2D eigenvalue weighted by atomic mass is 35.5. The molecule has 2 aromatic carbocycles. The maximum atomic E-state index is 12.7. The molecule has 3 rings (SSSR count). The number of hydrogen-bond donors (Lipinski definition) is 1. The van der Waals surface area contributed by atoms with Crippen LogP contribution in [0.1, 0.15) is 21.5 Å². The third-order valence-electron chi connectivity index (χ3n) is 4.08. The fraction of sp³-hybridized carbons (Fsp3) is 0.150. The van der Waals surface area contributed by atoms with Gasteiger partial charge in [-0.15, -0.1) is 0 Å². The Bertz CT molecular complexity index is 1000. The van der Waals surface area contributed by atoms with Gasteiger partial charge in [0.2, 0.25) is 5.78 Å². The zero-order valence-electron chi connectivity index (χ0n) is 14.1. The Morgan fingerprint density at radius 2 is 1.85 bits per heavy atom. The molecule has 0 unspecified atom stereocenters. The molecule has 0 saturated carbocycles. The van der Waals surface area contributed by atoms with Gasteiger partial charge in [-0.2, -0.15) is 10.5 Å². The first-order valence-electron chi connectivity index (χ1n) is 8.05. The van der Waals surface area contributed by atoms with E-state index >= 15 is 0 Å². The maximum Gasteiger partial charge on any atom is 0.231 e. The number of ether oxygens (including phenoxy) is 1. The number of aromatic hydroxyl groups is 1. The zero-order valence-corrected chi connectivity index (χ0v) is 14.9. The van der Waals surface area contributed by atoms with Crippen LogP contribution in [-0.4, -0.2) is 28.9 Å². The van der Waals surface area contributed by atoms with Crippen molar-refractivity contribution in [3.05, 3.63) is 63.9 Å². The summed E-state index contributed by atoms with van der Waals surface area (Å²) in [5.41, 5.74) is 1.31. The predicted octanol–water partition coefficient (Wildman–Crippen LogP) is 3.51. The minimum absolute atomic E-state index is 0.00688. The monoisotopic (exact) mass is 379 g/mol. The summed E-state index contributed by atoms with van der Waals surface area (Å²) < 4.78 is 5.75. The number of rotatable bonds is 5. The second-order valence-corrected chi connectivity index (χ2v) is 6.27. The molecule has 6 nitrogen and oxygen atoms in total. The quantitative estimate of drug-likeness (QED) is 0.630. The summed E-state index contributed by atoms with van der Waals surface area (Å²) in [6, 6.07) is 13.9. The van der Waals surface area contributed by atoms with E-state index in [2.05, 4.69) is 0 Å². The van der Waals surface area contributed by atoms with Crippen LogP contribution in [0.15, 0.2) is 42.2 Å². The van der Waals surface area contributed by atoms with Crippen LogP contribution in [0, 0.1) is 22.7 Å². The molecule has 7 heteroatoms. The summed E-state index contributed by atoms with van der Waals surface area (Å²) in [7, 11) is 0. The van der Waals surface area contributed by atoms with E-state index in [0.717, 1.165) is 0 Å². The average molecular weight is 380 g/mol. The number of benzene rings is 2. The molecule has 1 N–H and O–H groups in total. The molecule has 0 radical (unpaired) electrons. The van der Waals surface area contributed by atoms with Crippen LogP contribution in [-0.2, 0) is 6.54 Å². The van der Waals surface area contributed by atoms with Gasteiger partial charge in [0.1, 0.15) is 11.5 Å². The number of ketones is 1. The predicted molar refractivity (Wildman–Crippen MR) is 99.0 cm³/mol. The van der Waals surface area contributed by atoms with Crippen molar-refractivity contribution < 1.29 is 14.6 Å². The standard InChI is InChI=1S/C20H14ClN3O3/c21-16-4-2-1-3-13(16)11-18-19(26)14-5-6-17(25)15(20(14)27-18)12-24(9-7-22)10-8-23/h1-6,11,25H,9-10,12H2/b18-11-. The van der Waals surface area contributed by atoms with Crippen LogP contribution >= 0.6 is 11.6 Å². The number of Topliss-reactive ketones (excluding diaryl/α,β-unsaturated/α-hetero) is 1. The van der Waals surface area contributed by atoms with Crippen LogP contribution in [0.4, 0.5) is 0 Å². The Kier molecular flexibility index (Phi) is 5.42. The zero-order chi connectivity index (χ0) is 19.4.